The highest BCUT2D eigenvalue weighted by Gasteiger charge is 2.16. The Bertz CT molecular complexity index is 675. The van der Waals surface area contributed by atoms with Crippen molar-refractivity contribution in [2.75, 3.05) is 6.61 Å². The molecule has 0 radical (unpaired) electrons. The van der Waals surface area contributed by atoms with E-state index in [0.29, 0.717) is 4.47 Å². The molecule has 7 heteroatoms. The van der Waals surface area contributed by atoms with Gasteiger partial charge in [-0.15, -0.1) is 11.3 Å². The molecule has 1 atom stereocenters. The van der Waals surface area contributed by atoms with Gasteiger partial charge in [0, 0.05) is 9.35 Å². The van der Waals surface area contributed by atoms with Crippen LogP contribution in [0.2, 0.25) is 5.02 Å². The highest BCUT2D eigenvalue weighted by molar-refractivity contribution is 9.10. The first-order chi connectivity index (χ1) is 10.5. The fourth-order valence-corrected chi connectivity index (χ4v) is 3.04. The Kier molecular flexibility index (Phi) is 5.99. The van der Waals surface area contributed by atoms with Gasteiger partial charge in [-0.3, -0.25) is 4.79 Å². The minimum atomic E-state index is -0.634. The molecule has 0 aliphatic heterocycles. The number of nitrogens with one attached hydrogen (secondary N) is 1. The van der Waals surface area contributed by atoms with Gasteiger partial charge in [0.15, 0.2) is 6.61 Å². The molecular formula is C15H13BrClNO3S. The van der Waals surface area contributed by atoms with Gasteiger partial charge in [-0.25, -0.2) is 4.79 Å². The summed E-state index contributed by atoms with van der Waals surface area (Å²) in [7, 11) is 0. The second-order valence-electron chi connectivity index (χ2n) is 4.50. The molecule has 1 aromatic carbocycles. The van der Waals surface area contributed by atoms with E-state index in [4.69, 9.17) is 16.3 Å². The molecule has 1 amide bonds. The van der Waals surface area contributed by atoms with E-state index in [2.05, 4.69) is 21.2 Å². The van der Waals surface area contributed by atoms with E-state index in [9.17, 15) is 9.59 Å². The first kappa shape index (κ1) is 17.0. The van der Waals surface area contributed by atoms with Crippen molar-refractivity contribution in [2.45, 2.75) is 13.0 Å². The number of esters is 1. The summed E-state index contributed by atoms with van der Waals surface area (Å²) in [5.74, 6) is -0.995. The molecule has 0 unspecified atom stereocenters. The number of hydrogen-bond donors (Lipinski definition) is 1. The van der Waals surface area contributed by atoms with E-state index >= 15 is 0 Å². The van der Waals surface area contributed by atoms with Gasteiger partial charge < -0.3 is 10.1 Å². The zero-order valence-corrected chi connectivity index (χ0v) is 14.8. The van der Waals surface area contributed by atoms with Crippen molar-refractivity contribution in [2.24, 2.45) is 0 Å². The van der Waals surface area contributed by atoms with Crippen LogP contribution in [0.5, 0.6) is 0 Å². The van der Waals surface area contributed by atoms with Crippen LogP contribution in [0.4, 0.5) is 0 Å². The molecule has 0 spiro atoms. The summed E-state index contributed by atoms with van der Waals surface area (Å²) in [4.78, 5) is 24.8. The van der Waals surface area contributed by atoms with Gasteiger partial charge in [-0.2, -0.15) is 0 Å². The molecule has 0 bridgehead atoms. The summed E-state index contributed by atoms with van der Waals surface area (Å²) in [6.45, 7) is 1.52. The number of carbonyl (C=O) groups is 2. The standard InChI is InChI=1S/C15H13BrClNO3S/c1-9(13-3-2-6-22-13)18-14(19)8-21-15(20)11-7-10(16)4-5-12(11)17/h2-7,9H,8H2,1H3,(H,18,19)/t9-/m1/s1. The third-order valence-electron chi connectivity index (χ3n) is 2.83. The Balaban J connectivity index is 1.88. The predicted octanol–water partition coefficient (Wildman–Crippen LogP) is 4.20. The molecule has 0 fully saturated rings. The minimum Gasteiger partial charge on any atom is -0.452 e. The molecular weight excluding hydrogens is 390 g/mol. The van der Waals surface area contributed by atoms with Gasteiger partial charge >= 0.3 is 5.97 Å². The van der Waals surface area contributed by atoms with Crippen molar-refractivity contribution in [3.63, 3.8) is 0 Å². The second-order valence-corrected chi connectivity index (χ2v) is 6.81. The Morgan fingerprint density at radius 3 is 2.86 bits per heavy atom. The van der Waals surface area contributed by atoms with Crippen LogP contribution in [0.3, 0.4) is 0 Å². The van der Waals surface area contributed by atoms with Crippen LogP contribution in [0.15, 0.2) is 40.2 Å². The van der Waals surface area contributed by atoms with Crippen molar-refractivity contribution in [3.8, 4) is 0 Å². The lowest BCUT2D eigenvalue weighted by molar-refractivity contribution is -0.124. The molecule has 4 nitrogen and oxygen atoms in total. The number of ether oxygens (including phenoxy) is 1. The maximum absolute atomic E-state index is 11.9. The molecule has 0 aliphatic carbocycles. The maximum Gasteiger partial charge on any atom is 0.340 e. The number of amides is 1. The van der Waals surface area contributed by atoms with Crippen LogP contribution in [0.25, 0.3) is 0 Å². The third-order valence-corrected chi connectivity index (χ3v) is 4.71. The van der Waals surface area contributed by atoms with Crippen molar-refractivity contribution in [3.05, 3.63) is 55.6 Å². The van der Waals surface area contributed by atoms with E-state index in [1.54, 1.807) is 29.5 Å². The van der Waals surface area contributed by atoms with Crippen LogP contribution in [0.1, 0.15) is 28.2 Å². The Hall–Kier alpha value is -1.37. The number of hydrogen-bond acceptors (Lipinski definition) is 4. The zero-order chi connectivity index (χ0) is 16.1. The molecule has 0 saturated heterocycles. The smallest absolute Gasteiger partial charge is 0.340 e. The summed E-state index contributed by atoms with van der Waals surface area (Å²) in [5.41, 5.74) is 0.218. The normalized spacial score (nSPS) is 11.8. The highest BCUT2D eigenvalue weighted by Crippen LogP contribution is 2.22. The van der Waals surface area contributed by atoms with Crippen LogP contribution in [-0.2, 0) is 9.53 Å². The van der Waals surface area contributed by atoms with Gasteiger partial charge in [0.25, 0.3) is 5.91 Å². The van der Waals surface area contributed by atoms with Crippen molar-refractivity contribution < 1.29 is 14.3 Å². The average molecular weight is 403 g/mol. The first-order valence-electron chi connectivity index (χ1n) is 6.42. The monoisotopic (exact) mass is 401 g/mol. The van der Waals surface area contributed by atoms with Crippen molar-refractivity contribution >= 4 is 50.7 Å². The maximum atomic E-state index is 11.9. The number of carbonyl (C=O) groups excluding carboxylic acids is 2. The third kappa shape index (κ3) is 4.56. The molecule has 0 saturated carbocycles. The minimum absolute atomic E-state index is 0.124. The molecule has 2 rings (SSSR count). The van der Waals surface area contributed by atoms with E-state index in [-0.39, 0.29) is 29.1 Å². The van der Waals surface area contributed by atoms with E-state index in [0.717, 1.165) is 4.88 Å². The first-order valence-corrected chi connectivity index (χ1v) is 8.47. The van der Waals surface area contributed by atoms with Gasteiger partial charge in [0.05, 0.1) is 16.6 Å². The summed E-state index contributed by atoms with van der Waals surface area (Å²) in [6, 6.07) is 8.58. The van der Waals surface area contributed by atoms with Crippen molar-refractivity contribution in [1.29, 1.82) is 0 Å². The quantitative estimate of drug-likeness (QED) is 0.763. The number of halogens is 2. The molecule has 22 heavy (non-hydrogen) atoms. The SMILES string of the molecule is C[C@@H](NC(=O)COC(=O)c1cc(Br)ccc1Cl)c1cccs1. The number of thiophene rings is 1. The molecule has 1 aromatic heterocycles. The highest BCUT2D eigenvalue weighted by atomic mass is 79.9. The fraction of sp³-hybridized carbons (Fsp3) is 0.200. The largest absolute Gasteiger partial charge is 0.452 e. The van der Waals surface area contributed by atoms with Crippen LogP contribution >= 0.6 is 38.9 Å². The van der Waals surface area contributed by atoms with Crippen LogP contribution < -0.4 is 5.32 Å². The Morgan fingerprint density at radius 1 is 1.41 bits per heavy atom. The molecule has 0 aliphatic rings. The van der Waals surface area contributed by atoms with Gasteiger partial charge in [-0.05, 0) is 36.6 Å². The van der Waals surface area contributed by atoms with Gasteiger partial charge in [-0.1, -0.05) is 33.6 Å². The molecule has 116 valence electrons. The van der Waals surface area contributed by atoms with Crippen LogP contribution in [0, 0.1) is 0 Å². The van der Waals surface area contributed by atoms with E-state index in [1.807, 2.05) is 24.4 Å². The van der Waals surface area contributed by atoms with Gasteiger partial charge in [0.1, 0.15) is 0 Å². The predicted molar refractivity (Wildman–Crippen MR) is 90.3 cm³/mol. The van der Waals surface area contributed by atoms with Gasteiger partial charge in [0.2, 0.25) is 0 Å². The van der Waals surface area contributed by atoms with Crippen LogP contribution in [-0.4, -0.2) is 18.5 Å². The Morgan fingerprint density at radius 2 is 2.18 bits per heavy atom. The summed E-state index contributed by atoms with van der Waals surface area (Å²) >= 11 is 10.7. The lowest BCUT2D eigenvalue weighted by atomic mass is 10.2. The topological polar surface area (TPSA) is 55.4 Å². The summed E-state index contributed by atoms with van der Waals surface area (Å²) in [6.07, 6.45) is 0. The van der Waals surface area contributed by atoms with Crippen molar-refractivity contribution in [1.82, 2.24) is 5.32 Å². The lowest BCUT2D eigenvalue weighted by Gasteiger charge is -2.12. The number of rotatable bonds is 5. The lowest BCUT2D eigenvalue weighted by Crippen LogP contribution is -2.30. The second kappa shape index (κ2) is 7.76. The van der Waals surface area contributed by atoms with E-state index in [1.165, 1.54) is 0 Å². The molecule has 1 N–H and O–H groups in total. The molecule has 2 aromatic rings. The molecule has 1 heterocycles. The number of benzene rings is 1. The Labute approximate surface area is 145 Å². The fourth-order valence-electron chi connectivity index (χ4n) is 1.75. The summed E-state index contributed by atoms with van der Waals surface area (Å²) < 4.78 is 5.70. The summed E-state index contributed by atoms with van der Waals surface area (Å²) in [5, 5.41) is 4.98. The average Bonchev–Trinajstić information content (AvgIpc) is 3.01. The zero-order valence-electron chi connectivity index (χ0n) is 11.6. The van der Waals surface area contributed by atoms with E-state index < -0.39 is 5.97 Å².